The van der Waals surface area contributed by atoms with Crippen LogP contribution in [0.4, 0.5) is 16.3 Å². The van der Waals surface area contributed by atoms with Crippen molar-refractivity contribution in [1.29, 1.82) is 0 Å². The molecule has 1 aromatic heterocycles. The van der Waals surface area contributed by atoms with Crippen molar-refractivity contribution >= 4 is 39.0 Å². The van der Waals surface area contributed by atoms with Crippen molar-refractivity contribution in [3.63, 3.8) is 0 Å². The van der Waals surface area contributed by atoms with Crippen molar-refractivity contribution in [3.05, 3.63) is 41.8 Å². The summed E-state index contributed by atoms with van der Waals surface area (Å²) in [6.45, 7) is 3.17. The zero-order valence-electron chi connectivity index (χ0n) is 15.0. The summed E-state index contributed by atoms with van der Waals surface area (Å²) in [5.41, 5.74) is 0.508. The third kappa shape index (κ3) is 2.72. The van der Waals surface area contributed by atoms with Gasteiger partial charge in [0, 0.05) is 55.6 Å². The Balaban J connectivity index is 1.28. The third-order valence-corrected chi connectivity index (χ3v) is 7.56. The number of carbonyl (C=O) groups excluding carboxylic acids is 1. The number of anilines is 2. The molecule has 2 amide bonds. The van der Waals surface area contributed by atoms with Crippen LogP contribution in [0.15, 0.2) is 41.7 Å². The molecule has 4 heterocycles. The molecule has 3 aliphatic rings. The van der Waals surface area contributed by atoms with Crippen LogP contribution >= 0.6 is 11.6 Å². The molecule has 3 aliphatic heterocycles. The second-order valence-electron chi connectivity index (χ2n) is 7.64. The lowest BCUT2D eigenvalue weighted by Crippen LogP contribution is -2.74. The zero-order chi connectivity index (χ0) is 19.5. The van der Waals surface area contributed by atoms with E-state index in [1.165, 1.54) is 6.07 Å². The van der Waals surface area contributed by atoms with Gasteiger partial charge in [-0.1, -0.05) is 11.6 Å². The number of hydrogen-bond acceptors (Lipinski definition) is 6. The summed E-state index contributed by atoms with van der Waals surface area (Å²) in [5.74, 6) is 0.760. The molecule has 0 unspecified atom stereocenters. The van der Waals surface area contributed by atoms with Crippen LogP contribution in [0.25, 0.3) is 0 Å². The van der Waals surface area contributed by atoms with Crippen LogP contribution < -0.4 is 9.80 Å². The standard InChI is InChI=1S/C18H18ClN5O3S/c19-13-1-2-14-15(7-13)28(26,27)6-5-24(14)17(25)23-11-18(12-23)9-22(10-18)16-8-20-3-4-21-16/h1-4,7-8H,5-6,9-12H2. The van der Waals surface area contributed by atoms with Crippen molar-refractivity contribution < 1.29 is 13.2 Å². The fraction of sp³-hybridized carbons (Fsp3) is 0.389. The summed E-state index contributed by atoms with van der Waals surface area (Å²) < 4.78 is 24.7. The van der Waals surface area contributed by atoms with Gasteiger partial charge in [0.25, 0.3) is 0 Å². The summed E-state index contributed by atoms with van der Waals surface area (Å²) in [6, 6.07) is 4.50. The molecule has 28 heavy (non-hydrogen) atoms. The zero-order valence-corrected chi connectivity index (χ0v) is 16.5. The number of benzene rings is 1. The number of aromatic nitrogens is 2. The van der Waals surface area contributed by atoms with E-state index >= 15 is 0 Å². The first-order chi connectivity index (χ1) is 13.4. The summed E-state index contributed by atoms with van der Waals surface area (Å²) in [4.78, 5) is 27.0. The molecule has 2 aromatic rings. The van der Waals surface area contributed by atoms with Gasteiger partial charge in [0.1, 0.15) is 5.82 Å². The van der Waals surface area contributed by atoms with Crippen molar-refractivity contribution in [2.75, 3.05) is 48.3 Å². The molecule has 1 aromatic carbocycles. The molecule has 5 rings (SSSR count). The number of rotatable bonds is 1. The Hall–Kier alpha value is -2.39. The molecule has 0 radical (unpaired) electrons. The van der Waals surface area contributed by atoms with Gasteiger partial charge < -0.3 is 9.80 Å². The summed E-state index contributed by atoms with van der Waals surface area (Å²) in [7, 11) is -3.42. The molecule has 1 spiro atoms. The number of halogens is 1. The van der Waals surface area contributed by atoms with E-state index in [1.807, 2.05) is 0 Å². The molecule has 2 fully saturated rings. The van der Waals surface area contributed by atoms with Gasteiger partial charge >= 0.3 is 6.03 Å². The molecule has 0 saturated carbocycles. The van der Waals surface area contributed by atoms with E-state index in [2.05, 4.69) is 14.9 Å². The Morgan fingerprint density at radius 2 is 1.93 bits per heavy atom. The largest absolute Gasteiger partial charge is 0.354 e. The number of carbonyl (C=O) groups is 1. The number of nitrogens with zero attached hydrogens (tertiary/aromatic N) is 5. The van der Waals surface area contributed by atoms with Gasteiger partial charge in [0.2, 0.25) is 0 Å². The Morgan fingerprint density at radius 1 is 1.14 bits per heavy atom. The van der Waals surface area contributed by atoms with E-state index in [4.69, 9.17) is 11.6 Å². The van der Waals surface area contributed by atoms with Gasteiger partial charge in [-0.25, -0.2) is 18.2 Å². The highest BCUT2D eigenvalue weighted by molar-refractivity contribution is 7.91. The van der Waals surface area contributed by atoms with Crippen LogP contribution in [0.1, 0.15) is 0 Å². The smallest absolute Gasteiger partial charge is 0.324 e. The summed E-state index contributed by atoms with van der Waals surface area (Å²) in [6.07, 6.45) is 5.06. The number of hydrogen-bond donors (Lipinski definition) is 0. The SMILES string of the molecule is O=C(N1CC2(C1)CN(c1cnccn1)C2)N1CCS(=O)(=O)c2cc(Cl)ccc21. The topological polar surface area (TPSA) is 86.7 Å². The number of fused-ring (bicyclic) bond motifs is 1. The van der Waals surface area contributed by atoms with Gasteiger partial charge in [-0.05, 0) is 18.2 Å². The van der Waals surface area contributed by atoms with E-state index in [0.717, 1.165) is 18.9 Å². The minimum atomic E-state index is -3.42. The molecular weight excluding hydrogens is 402 g/mol. The Bertz CT molecular complexity index is 1050. The van der Waals surface area contributed by atoms with Gasteiger partial charge in [0.15, 0.2) is 9.84 Å². The van der Waals surface area contributed by atoms with Gasteiger partial charge in [0.05, 0.1) is 22.5 Å². The first kappa shape index (κ1) is 17.7. The van der Waals surface area contributed by atoms with Gasteiger partial charge in [-0.15, -0.1) is 0 Å². The molecule has 146 valence electrons. The fourth-order valence-electron chi connectivity index (χ4n) is 4.25. The summed E-state index contributed by atoms with van der Waals surface area (Å²) >= 11 is 5.97. The van der Waals surface area contributed by atoms with Crippen LogP contribution in [-0.4, -0.2) is 67.8 Å². The molecule has 0 aliphatic carbocycles. The first-order valence-electron chi connectivity index (χ1n) is 8.97. The third-order valence-electron chi connectivity index (χ3n) is 5.61. The Labute approximate surface area is 167 Å². The number of amides is 2. The molecule has 0 N–H and O–H groups in total. The quantitative estimate of drug-likeness (QED) is 0.698. The maximum Gasteiger partial charge on any atom is 0.324 e. The highest BCUT2D eigenvalue weighted by Crippen LogP contribution is 2.42. The predicted molar refractivity (Wildman–Crippen MR) is 104 cm³/mol. The number of sulfone groups is 1. The molecular formula is C18H18ClN5O3S. The van der Waals surface area contributed by atoms with Crippen molar-refractivity contribution in [1.82, 2.24) is 14.9 Å². The highest BCUT2D eigenvalue weighted by atomic mass is 35.5. The fourth-order valence-corrected chi connectivity index (χ4v) is 5.93. The van der Waals surface area contributed by atoms with Crippen molar-refractivity contribution in [2.45, 2.75) is 4.90 Å². The van der Waals surface area contributed by atoms with E-state index in [1.54, 1.807) is 40.5 Å². The minimum absolute atomic E-state index is 0.0917. The number of likely N-dealkylation sites (tertiary alicyclic amines) is 1. The normalized spacial score (nSPS) is 21.7. The molecule has 8 nitrogen and oxygen atoms in total. The lowest BCUT2D eigenvalue weighted by atomic mass is 9.73. The molecule has 2 saturated heterocycles. The summed E-state index contributed by atoms with van der Waals surface area (Å²) in [5, 5.41) is 0.345. The maximum atomic E-state index is 13.0. The van der Waals surface area contributed by atoms with E-state index < -0.39 is 9.84 Å². The lowest BCUT2D eigenvalue weighted by molar-refractivity contribution is 0.00966. The molecule has 10 heteroatoms. The molecule has 0 atom stereocenters. The van der Waals surface area contributed by atoms with E-state index in [0.29, 0.717) is 23.8 Å². The monoisotopic (exact) mass is 419 g/mol. The van der Waals surface area contributed by atoms with Crippen LogP contribution in [0, 0.1) is 5.41 Å². The maximum absolute atomic E-state index is 13.0. The molecule has 0 bridgehead atoms. The minimum Gasteiger partial charge on any atom is -0.354 e. The predicted octanol–water partition coefficient (Wildman–Crippen LogP) is 1.67. The highest BCUT2D eigenvalue weighted by Gasteiger charge is 2.54. The number of urea groups is 1. The van der Waals surface area contributed by atoms with E-state index in [9.17, 15) is 13.2 Å². The average molecular weight is 420 g/mol. The average Bonchev–Trinajstić information content (AvgIpc) is 2.61. The lowest BCUT2D eigenvalue weighted by Gasteiger charge is -2.60. The van der Waals surface area contributed by atoms with Crippen LogP contribution in [0.2, 0.25) is 5.02 Å². The Morgan fingerprint density at radius 3 is 2.64 bits per heavy atom. The van der Waals surface area contributed by atoms with Crippen LogP contribution in [0.5, 0.6) is 0 Å². The first-order valence-corrected chi connectivity index (χ1v) is 11.0. The van der Waals surface area contributed by atoms with Gasteiger partial charge in [-0.2, -0.15) is 0 Å². The van der Waals surface area contributed by atoms with Crippen LogP contribution in [0.3, 0.4) is 0 Å². The second-order valence-corrected chi connectivity index (χ2v) is 10.2. The van der Waals surface area contributed by atoms with Crippen LogP contribution in [-0.2, 0) is 9.84 Å². The van der Waals surface area contributed by atoms with Crippen molar-refractivity contribution in [3.8, 4) is 0 Å². The van der Waals surface area contributed by atoms with Crippen molar-refractivity contribution in [2.24, 2.45) is 5.41 Å². The second kappa shape index (κ2) is 6.05. The Kier molecular flexibility index (Phi) is 3.82. The van der Waals surface area contributed by atoms with Gasteiger partial charge in [-0.3, -0.25) is 9.88 Å². The van der Waals surface area contributed by atoms with E-state index in [-0.39, 0.29) is 28.6 Å².